The highest BCUT2D eigenvalue weighted by Gasteiger charge is 2.29. The molecule has 29 heavy (non-hydrogen) atoms. The maximum atomic E-state index is 13.1. The number of carbonyl (C=O) groups is 1. The minimum Gasteiger partial charge on any atom is -0.488 e. The Morgan fingerprint density at radius 1 is 1.10 bits per heavy atom. The van der Waals surface area contributed by atoms with Crippen molar-refractivity contribution >= 4 is 17.5 Å². The lowest BCUT2D eigenvalue weighted by atomic mass is 10.0. The average Bonchev–Trinajstić information content (AvgIpc) is 2.74. The van der Waals surface area contributed by atoms with E-state index in [4.69, 9.17) is 16.3 Å². The monoisotopic (exact) mass is 411 g/mol. The van der Waals surface area contributed by atoms with Crippen molar-refractivity contribution in [1.82, 2.24) is 9.80 Å². The molecule has 152 valence electrons. The summed E-state index contributed by atoms with van der Waals surface area (Å²) in [5.41, 5.74) is 1.55. The minimum atomic E-state index is -0.109. The molecule has 0 spiro atoms. The van der Waals surface area contributed by atoms with Crippen molar-refractivity contribution in [3.8, 4) is 11.8 Å². The molecule has 2 aromatic carbocycles. The second-order valence-electron chi connectivity index (χ2n) is 7.56. The van der Waals surface area contributed by atoms with Crippen LogP contribution in [0.5, 0.6) is 5.75 Å². The van der Waals surface area contributed by atoms with Crippen molar-refractivity contribution in [3.05, 3.63) is 64.7 Å². The third-order valence-electron chi connectivity index (χ3n) is 5.18. The highest BCUT2D eigenvalue weighted by molar-refractivity contribution is 6.30. The zero-order valence-electron chi connectivity index (χ0n) is 16.8. The van der Waals surface area contributed by atoms with E-state index in [9.17, 15) is 10.1 Å². The first-order valence-electron chi connectivity index (χ1n) is 9.89. The van der Waals surface area contributed by atoms with Crippen LogP contribution < -0.4 is 4.74 Å². The molecule has 3 rings (SSSR count). The second-order valence-corrected chi connectivity index (χ2v) is 7.99. The first kappa shape index (κ1) is 21.2. The molecule has 1 amide bonds. The fraction of sp³-hybridized carbons (Fsp3) is 0.391. The Kier molecular flexibility index (Phi) is 7.13. The number of amides is 1. The molecule has 1 heterocycles. The van der Waals surface area contributed by atoms with E-state index >= 15 is 0 Å². The quantitative estimate of drug-likeness (QED) is 0.713. The van der Waals surface area contributed by atoms with E-state index in [-0.39, 0.29) is 17.9 Å². The molecule has 0 N–H and O–H groups in total. The number of nitrogens with zero attached hydrogens (tertiary/aromatic N) is 3. The molecule has 0 aliphatic carbocycles. The van der Waals surface area contributed by atoms with Crippen LogP contribution >= 0.6 is 11.6 Å². The van der Waals surface area contributed by atoms with Crippen LogP contribution in [0.3, 0.4) is 0 Å². The summed E-state index contributed by atoms with van der Waals surface area (Å²) in [6.45, 7) is 7.10. The summed E-state index contributed by atoms with van der Waals surface area (Å²) >= 11 is 5.93. The van der Waals surface area contributed by atoms with Crippen LogP contribution in [0.25, 0.3) is 0 Å². The molecule has 1 aliphatic heterocycles. The van der Waals surface area contributed by atoms with Gasteiger partial charge in [0, 0.05) is 31.2 Å². The largest absolute Gasteiger partial charge is 0.488 e. The van der Waals surface area contributed by atoms with E-state index in [0.717, 1.165) is 5.56 Å². The summed E-state index contributed by atoms with van der Waals surface area (Å²) in [4.78, 5) is 17.1. The normalized spacial score (nSPS) is 15.8. The van der Waals surface area contributed by atoms with Crippen LogP contribution in [0.1, 0.15) is 29.8 Å². The topological polar surface area (TPSA) is 56.6 Å². The van der Waals surface area contributed by atoms with Gasteiger partial charge < -0.3 is 9.64 Å². The summed E-state index contributed by atoms with van der Waals surface area (Å²) in [5, 5.41) is 10.1. The van der Waals surface area contributed by atoms with Crippen LogP contribution in [0.2, 0.25) is 5.02 Å². The van der Waals surface area contributed by atoms with Gasteiger partial charge in [-0.15, -0.1) is 0 Å². The zero-order chi connectivity index (χ0) is 20.8. The van der Waals surface area contributed by atoms with E-state index in [2.05, 4.69) is 24.8 Å². The molecular formula is C23H26ClN3O2. The number of rotatable bonds is 6. The summed E-state index contributed by atoms with van der Waals surface area (Å²) in [6.07, 6.45) is 0. The van der Waals surface area contributed by atoms with Gasteiger partial charge in [0.15, 0.2) is 0 Å². The molecule has 2 aromatic rings. The van der Waals surface area contributed by atoms with Gasteiger partial charge in [0.1, 0.15) is 18.4 Å². The zero-order valence-corrected chi connectivity index (χ0v) is 17.6. The molecule has 1 atom stereocenters. The summed E-state index contributed by atoms with van der Waals surface area (Å²) in [5.74, 6) is 0.811. The Bertz CT molecular complexity index is 868. The van der Waals surface area contributed by atoms with E-state index in [1.54, 1.807) is 6.07 Å². The Balaban J connectivity index is 1.64. The fourth-order valence-corrected chi connectivity index (χ4v) is 3.66. The van der Waals surface area contributed by atoms with Crippen LogP contribution in [0.4, 0.5) is 0 Å². The van der Waals surface area contributed by atoms with Crippen molar-refractivity contribution < 1.29 is 9.53 Å². The first-order valence-corrected chi connectivity index (χ1v) is 10.3. The Morgan fingerprint density at radius 2 is 1.76 bits per heavy atom. The molecule has 0 aromatic heterocycles. The first-order chi connectivity index (χ1) is 14.0. The molecular weight excluding hydrogens is 386 g/mol. The summed E-state index contributed by atoms with van der Waals surface area (Å²) < 4.78 is 5.94. The van der Waals surface area contributed by atoms with Crippen LogP contribution in [-0.2, 0) is 6.61 Å². The van der Waals surface area contributed by atoms with E-state index in [1.807, 2.05) is 47.4 Å². The van der Waals surface area contributed by atoms with Gasteiger partial charge in [-0.2, -0.15) is 5.26 Å². The molecule has 5 nitrogen and oxygen atoms in total. The van der Waals surface area contributed by atoms with Gasteiger partial charge in [0.25, 0.3) is 5.91 Å². The summed E-state index contributed by atoms with van der Waals surface area (Å²) in [6, 6.07) is 17.1. The van der Waals surface area contributed by atoms with Gasteiger partial charge >= 0.3 is 0 Å². The predicted octanol–water partition coefficient (Wildman–Crippen LogP) is 4.22. The van der Waals surface area contributed by atoms with E-state index in [0.29, 0.717) is 49.1 Å². The molecule has 0 bridgehead atoms. The smallest absolute Gasteiger partial charge is 0.257 e. The van der Waals surface area contributed by atoms with E-state index < -0.39 is 0 Å². The number of para-hydroxylation sites is 1. The Morgan fingerprint density at radius 3 is 2.38 bits per heavy atom. The third kappa shape index (κ3) is 5.29. The third-order valence-corrected chi connectivity index (χ3v) is 5.44. The molecule has 0 saturated carbocycles. The molecule has 1 fully saturated rings. The molecule has 6 heteroatoms. The Hall–Kier alpha value is -2.55. The summed E-state index contributed by atoms with van der Waals surface area (Å²) in [7, 11) is 0. The van der Waals surface area contributed by atoms with Gasteiger partial charge in [-0.1, -0.05) is 49.7 Å². The second kappa shape index (κ2) is 9.78. The predicted molar refractivity (Wildman–Crippen MR) is 114 cm³/mol. The van der Waals surface area contributed by atoms with Crippen molar-refractivity contribution in [3.63, 3.8) is 0 Å². The van der Waals surface area contributed by atoms with Gasteiger partial charge in [-0.3, -0.25) is 9.69 Å². The van der Waals surface area contributed by atoms with Crippen molar-refractivity contribution in [1.29, 1.82) is 5.26 Å². The van der Waals surface area contributed by atoms with Gasteiger partial charge in [0.2, 0.25) is 0 Å². The van der Waals surface area contributed by atoms with Gasteiger partial charge in [-0.05, 0) is 35.7 Å². The van der Waals surface area contributed by atoms with Crippen LogP contribution in [-0.4, -0.2) is 47.9 Å². The number of hydrogen-bond donors (Lipinski definition) is 0. The number of ether oxygens (including phenoxy) is 1. The number of nitriles is 1. The lowest BCUT2D eigenvalue weighted by Gasteiger charge is -2.38. The Labute approximate surface area is 177 Å². The van der Waals surface area contributed by atoms with Crippen molar-refractivity contribution in [2.24, 2.45) is 5.92 Å². The van der Waals surface area contributed by atoms with Crippen LogP contribution in [0, 0.1) is 17.2 Å². The minimum absolute atomic E-state index is 0.0330. The van der Waals surface area contributed by atoms with Gasteiger partial charge in [-0.25, -0.2) is 0 Å². The maximum absolute atomic E-state index is 13.1. The average molecular weight is 412 g/mol. The highest BCUT2D eigenvalue weighted by atomic mass is 35.5. The SMILES string of the molecule is CC(C)C(C#N)N1CCN(C(=O)c2ccccc2OCc2ccc(Cl)cc2)CC1. The molecule has 1 unspecified atom stereocenters. The van der Waals surface area contributed by atoms with Crippen LogP contribution in [0.15, 0.2) is 48.5 Å². The number of hydrogen-bond acceptors (Lipinski definition) is 4. The van der Waals surface area contributed by atoms with Crippen molar-refractivity contribution in [2.75, 3.05) is 26.2 Å². The lowest BCUT2D eigenvalue weighted by molar-refractivity contribution is 0.0572. The number of benzene rings is 2. The number of halogens is 1. The number of piperazine rings is 1. The standard InChI is InChI=1S/C23H26ClN3O2/c1-17(2)21(15-25)26-11-13-27(14-12-26)23(28)20-5-3-4-6-22(20)29-16-18-7-9-19(24)10-8-18/h3-10,17,21H,11-14,16H2,1-2H3. The molecule has 1 aliphatic rings. The maximum Gasteiger partial charge on any atom is 0.257 e. The number of carbonyl (C=O) groups excluding carboxylic acids is 1. The lowest BCUT2D eigenvalue weighted by Crippen LogP contribution is -2.52. The van der Waals surface area contributed by atoms with Gasteiger partial charge in [0.05, 0.1) is 11.6 Å². The molecule has 0 radical (unpaired) electrons. The van der Waals surface area contributed by atoms with E-state index in [1.165, 1.54) is 0 Å². The fourth-order valence-electron chi connectivity index (χ4n) is 3.54. The molecule has 1 saturated heterocycles. The highest BCUT2D eigenvalue weighted by Crippen LogP contribution is 2.23. The van der Waals surface area contributed by atoms with Crippen molar-refractivity contribution in [2.45, 2.75) is 26.5 Å².